The van der Waals surface area contributed by atoms with Crippen LogP contribution in [0.15, 0.2) is 37.3 Å². The zero-order valence-corrected chi connectivity index (χ0v) is 16.9. The fourth-order valence-corrected chi connectivity index (χ4v) is 1.23. The molecule has 1 N–H and O–H groups in total. The predicted molar refractivity (Wildman–Crippen MR) is 102 cm³/mol. The number of hydrogen-bond acceptors (Lipinski definition) is 4. The van der Waals surface area contributed by atoms with Gasteiger partial charge in [0.1, 0.15) is 0 Å². The number of amides is 1. The lowest BCUT2D eigenvalue weighted by Crippen LogP contribution is -2.39. The molecule has 0 aromatic rings. The van der Waals surface area contributed by atoms with Gasteiger partial charge in [0.05, 0.1) is 5.25 Å². The highest BCUT2D eigenvalue weighted by atomic mass is 32.2. The minimum Gasteiger partial charge on any atom is -0.348 e. The molecular weight excluding hydrogens is 326 g/mol. The van der Waals surface area contributed by atoms with Crippen molar-refractivity contribution in [3.8, 4) is 0 Å². The van der Waals surface area contributed by atoms with Gasteiger partial charge >= 0.3 is 0 Å². The van der Waals surface area contributed by atoms with Gasteiger partial charge < -0.3 is 5.32 Å². The molecule has 6 heteroatoms. The van der Waals surface area contributed by atoms with E-state index in [-0.39, 0.29) is 28.4 Å². The summed E-state index contributed by atoms with van der Waals surface area (Å²) in [5.74, 6) is 0.0972. The molecule has 0 rings (SSSR count). The van der Waals surface area contributed by atoms with Crippen molar-refractivity contribution < 1.29 is 18.0 Å². The monoisotopic (exact) mass is 359 g/mol. The molecule has 0 aliphatic carbocycles. The molecule has 0 bridgehead atoms. The van der Waals surface area contributed by atoms with Crippen LogP contribution in [0.25, 0.3) is 0 Å². The second-order valence-corrected chi connectivity index (χ2v) is 8.96. The number of ketones is 1. The Morgan fingerprint density at radius 3 is 1.42 bits per heavy atom. The van der Waals surface area contributed by atoms with Crippen molar-refractivity contribution in [2.75, 3.05) is 0 Å². The van der Waals surface area contributed by atoms with Crippen LogP contribution >= 0.6 is 0 Å². The second kappa shape index (κ2) is 12.7. The van der Waals surface area contributed by atoms with Gasteiger partial charge in [0.2, 0.25) is 5.91 Å². The van der Waals surface area contributed by atoms with E-state index in [1.165, 1.54) is 12.2 Å². The van der Waals surface area contributed by atoms with Crippen LogP contribution in [0.2, 0.25) is 0 Å². The first-order chi connectivity index (χ1) is 10.6. The Kier molecular flexibility index (Phi) is 14.4. The summed E-state index contributed by atoms with van der Waals surface area (Å²) in [6.07, 6.45) is 2.62. The molecule has 0 heterocycles. The van der Waals surface area contributed by atoms with Crippen LogP contribution in [-0.2, 0) is 19.4 Å². The fourth-order valence-electron chi connectivity index (χ4n) is 0.849. The third kappa shape index (κ3) is 18.4. The number of allylic oxidation sites excluding steroid dienone is 1. The second-order valence-electron chi connectivity index (χ2n) is 6.51. The van der Waals surface area contributed by atoms with Gasteiger partial charge in [-0.15, -0.1) is 0 Å². The molecular formula is C18H33NO4S. The molecule has 140 valence electrons. The van der Waals surface area contributed by atoms with E-state index in [1.807, 2.05) is 34.6 Å². The molecule has 1 amide bonds. The van der Waals surface area contributed by atoms with Gasteiger partial charge in [-0.25, -0.2) is 8.42 Å². The first-order valence-corrected chi connectivity index (χ1v) is 9.22. The Hall–Kier alpha value is -1.69. The van der Waals surface area contributed by atoms with Gasteiger partial charge in [-0.05, 0) is 46.8 Å². The van der Waals surface area contributed by atoms with E-state index in [0.717, 1.165) is 5.41 Å². The van der Waals surface area contributed by atoms with Crippen LogP contribution in [0.5, 0.6) is 0 Å². The average molecular weight is 360 g/mol. The molecule has 24 heavy (non-hydrogen) atoms. The topological polar surface area (TPSA) is 80.3 Å². The van der Waals surface area contributed by atoms with Crippen molar-refractivity contribution in [1.82, 2.24) is 5.32 Å². The number of carbonyl (C=O) groups is 2. The van der Waals surface area contributed by atoms with Gasteiger partial charge in [-0.2, -0.15) is 0 Å². The first-order valence-electron chi connectivity index (χ1n) is 7.61. The molecule has 0 radical (unpaired) electrons. The van der Waals surface area contributed by atoms with Gasteiger partial charge in [0, 0.05) is 16.9 Å². The molecule has 0 aromatic carbocycles. The van der Waals surface area contributed by atoms with E-state index in [1.54, 1.807) is 13.8 Å². The third-order valence-corrected chi connectivity index (χ3v) is 4.12. The zero-order chi connectivity index (χ0) is 20.1. The lowest BCUT2D eigenvalue weighted by molar-refractivity contribution is -0.118. The average Bonchev–Trinajstić information content (AvgIpc) is 2.45. The highest BCUT2D eigenvalue weighted by Crippen LogP contribution is 1.99. The summed E-state index contributed by atoms with van der Waals surface area (Å²) in [7, 11) is -2.97. The Bertz CT molecular complexity index is 524. The van der Waals surface area contributed by atoms with Crippen molar-refractivity contribution >= 4 is 21.5 Å². The number of rotatable bonds is 5. The zero-order valence-electron chi connectivity index (χ0n) is 16.0. The Morgan fingerprint density at radius 2 is 1.38 bits per heavy atom. The molecule has 0 aliphatic rings. The van der Waals surface area contributed by atoms with Crippen molar-refractivity contribution in [2.24, 2.45) is 5.92 Å². The number of carbonyl (C=O) groups excluding carboxylic acids is 2. The van der Waals surface area contributed by atoms with Crippen LogP contribution in [0.1, 0.15) is 48.5 Å². The summed E-state index contributed by atoms with van der Waals surface area (Å²) < 4.78 is 21.2. The number of hydrogen-bond donors (Lipinski definition) is 1. The van der Waals surface area contributed by atoms with Crippen LogP contribution in [0, 0.1) is 5.92 Å². The lowest BCUT2D eigenvalue weighted by atomic mass is 10.1. The van der Waals surface area contributed by atoms with E-state index in [0.29, 0.717) is 0 Å². The SMILES string of the molecule is C=CC(=O)C(C)C.C=CC(=O)NC(C)(C)C.C=CS(=O)(=O)C(C)C. The largest absolute Gasteiger partial charge is 0.348 e. The maximum atomic E-state index is 10.6. The van der Waals surface area contributed by atoms with Crippen molar-refractivity contribution in [3.05, 3.63) is 37.3 Å². The highest BCUT2D eigenvalue weighted by molar-refractivity contribution is 7.94. The van der Waals surface area contributed by atoms with Crippen LogP contribution < -0.4 is 5.32 Å². The molecule has 0 atom stereocenters. The third-order valence-electron chi connectivity index (χ3n) is 2.34. The van der Waals surface area contributed by atoms with Gasteiger partial charge in [0.15, 0.2) is 15.6 Å². The molecule has 0 saturated carbocycles. The molecule has 5 nitrogen and oxygen atoms in total. The lowest BCUT2D eigenvalue weighted by Gasteiger charge is -2.18. The molecule has 0 unspecified atom stereocenters. The fraction of sp³-hybridized carbons (Fsp3) is 0.556. The molecule has 0 spiro atoms. The van der Waals surface area contributed by atoms with Gasteiger partial charge in [-0.3, -0.25) is 9.59 Å². The number of sulfone groups is 1. The Balaban J connectivity index is -0.000000278. The quantitative estimate of drug-likeness (QED) is 0.763. The predicted octanol–water partition coefficient (Wildman–Crippen LogP) is 3.44. The summed E-state index contributed by atoms with van der Waals surface area (Å²) in [6.45, 7) is 22.6. The van der Waals surface area contributed by atoms with E-state index in [2.05, 4.69) is 25.1 Å². The van der Waals surface area contributed by atoms with Gasteiger partial charge in [-0.1, -0.05) is 33.6 Å². The molecule has 0 aromatic heterocycles. The van der Waals surface area contributed by atoms with Crippen molar-refractivity contribution in [1.29, 1.82) is 0 Å². The van der Waals surface area contributed by atoms with E-state index in [9.17, 15) is 18.0 Å². The van der Waals surface area contributed by atoms with E-state index in [4.69, 9.17) is 0 Å². The smallest absolute Gasteiger partial charge is 0.243 e. The maximum absolute atomic E-state index is 10.6. The summed E-state index contributed by atoms with van der Waals surface area (Å²) in [4.78, 5) is 21.0. The standard InChI is InChI=1S/C7H13NO.C6H10O.C5H10O2S/c1-5-6(9)8-7(2,3)4;1-4-6(7)5(2)3;1-4-8(6,7)5(2)3/h5H,1H2,2-4H3,(H,8,9);4-5H,1H2,2-3H3;4-5H,1H2,2-3H3. The van der Waals surface area contributed by atoms with Crippen molar-refractivity contribution in [3.63, 3.8) is 0 Å². The van der Waals surface area contributed by atoms with Crippen LogP contribution in [0.3, 0.4) is 0 Å². The minimum absolute atomic E-state index is 0.109. The molecule has 0 aliphatic heterocycles. The Labute approximate surface area is 147 Å². The highest BCUT2D eigenvalue weighted by Gasteiger charge is 2.10. The van der Waals surface area contributed by atoms with E-state index >= 15 is 0 Å². The minimum atomic E-state index is -2.97. The van der Waals surface area contributed by atoms with E-state index < -0.39 is 9.84 Å². The van der Waals surface area contributed by atoms with Gasteiger partial charge in [0.25, 0.3) is 0 Å². The van der Waals surface area contributed by atoms with Crippen LogP contribution in [0.4, 0.5) is 0 Å². The summed E-state index contributed by atoms with van der Waals surface area (Å²) >= 11 is 0. The maximum Gasteiger partial charge on any atom is 0.243 e. The normalized spacial score (nSPS) is 10.5. The summed E-state index contributed by atoms with van der Waals surface area (Å²) in [6, 6.07) is 0. The number of nitrogens with one attached hydrogen (secondary N) is 1. The molecule has 0 saturated heterocycles. The summed E-state index contributed by atoms with van der Waals surface area (Å²) in [5.41, 5.74) is -0.148. The first kappa shape index (κ1) is 27.2. The molecule has 0 fully saturated rings. The van der Waals surface area contributed by atoms with Crippen molar-refractivity contribution in [2.45, 2.75) is 59.3 Å². The van der Waals surface area contributed by atoms with Crippen LogP contribution in [-0.4, -0.2) is 30.9 Å². The Morgan fingerprint density at radius 1 is 0.958 bits per heavy atom. The summed E-state index contributed by atoms with van der Waals surface area (Å²) in [5, 5.41) is 3.36.